The van der Waals surface area contributed by atoms with Crippen LogP contribution < -0.4 is 15.0 Å². The second-order valence-electron chi connectivity index (χ2n) is 6.34. The van der Waals surface area contributed by atoms with Gasteiger partial charge >= 0.3 is 0 Å². The number of nitrogens with zero attached hydrogens (tertiary/aromatic N) is 3. The van der Waals surface area contributed by atoms with Crippen molar-refractivity contribution in [1.29, 1.82) is 0 Å². The summed E-state index contributed by atoms with van der Waals surface area (Å²) in [7, 11) is 0. The Hall–Kier alpha value is -3.36. The topological polar surface area (TPSA) is 105 Å². The van der Waals surface area contributed by atoms with E-state index in [-0.39, 0.29) is 36.3 Å². The van der Waals surface area contributed by atoms with Gasteiger partial charge < -0.3 is 19.3 Å². The number of ether oxygens (including phenoxy) is 2. The van der Waals surface area contributed by atoms with Gasteiger partial charge in [0, 0.05) is 32.2 Å². The number of hydrogen-bond donors (Lipinski definition) is 1. The number of amides is 2. The van der Waals surface area contributed by atoms with Crippen molar-refractivity contribution in [2.45, 2.75) is 6.42 Å². The largest absolute Gasteiger partial charge is 0.454 e. The van der Waals surface area contributed by atoms with Crippen molar-refractivity contribution in [1.82, 2.24) is 20.0 Å². The molecule has 0 bridgehead atoms. The first-order chi connectivity index (χ1) is 13.1. The molecule has 0 aliphatic carbocycles. The minimum atomic E-state index is -0.356. The minimum absolute atomic E-state index is 0.00290. The summed E-state index contributed by atoms with van der Waals surface area (Å²) in [4.78, 5) is 39.4. The zero-order valence-corrected chi connectivity index (χ0v) is 14.5. The van der Waals surface area contributed by atoms with Gasteiger partial charge in [0.25, 0.3) is 11.5 Å². The first-order valence-electron chi connectivity index (χ1n) is 8.61. The Morgan fingerprint density at radius 1 is 1.00 bits per heavy atom. The monoisotopic (exact) mass is 370 g/mol. The van der Waals surface area contributed by atoms with Gasteiger partial charge in [-0.1, -0.05) is 6.07 Å². The van der Waals surface area contributed by atoms with Crippen LogP contribution in [0.1, 0.15) is 16.1 Å². The quantitative estimate of drug-likeness (QED) is 0.817. The number of aromatic amines is 1. The highest BCUT2D eigenvalue weighted by Gasteiger charge is 2.26. The average Bonchev–Trinajstić information content (AvgIpc) is 3.16. The van der Waals surface area contributed by atoms with Crippen LogP contribution in [0.25, 0.3) is 0 Å². The number of carbonyl (C=O) groups excluding carboxylic acids is 2. The Morgan fingerprint density at radius 3 is 2.48 bits per heavy atom. The van der Waals surface area contributed by atoms with Crippen LogP contribution in [-0.4, -0.2) is 64.8 Å². The van der Waals surface area contributed by atoms with Gasteiger partial charge in [0.1, 0.15) is 5.69 Å². The van der Waals surface area contributed by atoms with Crippen LogP contribution in [0.4, 0.5) is 0 Å². The summed E-state index contributed by atoms with van der Waals surface area (Å²) in [6, 6.07) is 8.15. The fraction of sp³-hybridized carbons (Fsp3) is 0.333. The Bertz CT molecular complexity index is 913. The van der Waals surface area contributed by atoms with E-state index >= 15 is 0 Å². The van der Waals surface area contributed by atoms with E-state index in [2.05, 4.69) is 10.2 Å². The molecule has 2 aliphatic rings. The number of carbonyl (C=O) groups is 2. The standard InChI is InChI=1S/C18H18N4O5/c23-16-4-2-13(19-20-16)18(25)22-7-5-21(6-8-22)17(24)10-12-1-3-14-15(9-12)27-11-26-14/h1-4,9H,5-8,10-11H2,(H,20,23). The van der Waals surface area contributed by atoms with Gasteiger partial charge in [0.15, 0.2) is 11.5 Å². The van der Waals surface area contributed by atoms with E-state index in [4.69, 9.17) is 9.47 Å². The molecule has 9 heteroatoms. The summed E-state index contributed by atoms with van der Waals surface area (Å²) in [5.41, 5.74) is 0.695. The smallest absolute Gasteiger partial charge is 0.274 e. The van der Waals surface area contributed by atoms with Crippen LogP contribution in [0.5, 0.6) is 11.5 Å². The summed E-state index contributed by atoms with van der Waals surface area (Å²) in [6.45, 7) is 1.96. The Labute approximate surface area is 154 Å². The van der Waals surface area contributed by atoms with Crippen molar-refractivity contribution < 1.29 is 19.1 Å². The van der Waals surface area contributed by atoms with Crippen molar-refractivity contribution in [3.63, 3.8) is 0 Å². The second-order valence-corrected chi connectivity index (χ2v) is 6.34. The summed E-state index contributed by atoms with van der Waals surface area (Å²) < 4.78 is 10.6. The van der Waals surface area contributed by atoms with Gasteiger partial charge in [0.05, 0.1) is 6.42 Å². The molecular weight excluding hydrogens is 352 g/mol. The lowest BCUT2D eigenvalue weighted by Gasteiger charge is -2.34. The molecule has 0 spiro atoms. The van der Waals surface area contributed by atoms with Gasteiger partial charge in [-0.25, -0.2) is 5.10 Å². The maximum atomic E-state index is 12.6. The number of rotatable bonds is 3. The molecule has 140 valence electrons. The SMILES string of the molecule is O=C(Cc1ccc2c(c1)OCO2)N1CCN(C(=O)c2ccc(=O)[nH]n2)CC1. The lowest BCUT2D eigenvalue weighted by molar-refractivity contribution is -0.131. The zero-order chi connectivity index (χ0) is 18.8. The highest BCUT2D eigenvalue weighted by Crippen LogP contribution is 2.32. The van der Waals surface area contributed by atoms with Gasteiger partial charge in [-0.3, -0.25) is 14.4 Å². The fourth-order valence-corrected chi connectivity index (χ4v) is 3.12. The number of hydrogen-bond acceptors (Lipinski definition) is 6. The van der Waals surface area contributed by atoms with Gasteiger partial charge in [-0.05, 0) is 23.8 Å². The number of nitrogens with one attached hydrogen (secondary N) is 1. The van der Waals surface area contributed by atoms with Crippen LogP contribution in [0.3, 0.4) is 0 Å². The normalized spacial score (nSPS) is 15.7. The molecule has 0 radical (unpaired) electrons. The summed E-state index contributed by atoms with van der Waals surface area (Å²) >= 11 is 0. The van der Waals surface area contributed by atoms with E-state index in [9.17, 15) is 14.4 Å². The summed E-state index contributed by atoms with van der Waals surface area (Å²) in [5.74, 6) is 1.09. The maximum Gasteiger partial charge on any atom is 0.274 e. The molecule has 1 N–H and O–H groups in total. The third kappa shape index (κ3) is 3.62. The number of H-pyrrole nitrogens is 1. The highest BCUT2D eigenvalue weighted by molar-refractivity contribution is 5.92. The van der Waals surface area contributed by atoms with Gasteiger partial charge in [-0.15, -0.1) is 0 Å². The van der Waals surface area contributed by atoms with Gasteiger partial charge in [-0.2, -0.15) is 5.10 Å². The predicted octanol–water partition coefficient (Wildman–Crippen LogP) is 0.0257. The Kier molecular flexibility index (Phi) is 4.49. The number of benzene rings is 1. The Balaban J connectivity index is 1.33. The molecule has 0 saturated carbocycles. The lowest BCUT2D eigenvalue weighted by atomic mass is 10.1. The number of piperazine rings is 1. The van der Waals surface area contributed by atoms with E-state index in [0.29, 0.717) is 37.7 Å². The predicted molar refractivity (Wildman–Crippen MR) is 93.6 cm³/mol. The van der Waals surface area contributed by atoms with Crippen LogP contribution in [0, 0.1) is 0 Å². The number of fused-ring (bicyclic) bond motifs is 1. The molecule has 27 heavy (non-hydrogen) atoms. The van der Waals surface area contributed by atoms with E-state index in [1.807, 2.05) is 12.1 Å². The highest BCUT2D eigenvalue weighted by atomic mass is 16.7. The molecule has 1 fully saturated rings. The first-order valence-corrected chi connectivity index (χ1v) is 8.61. The van der Waals surface area contributed by atoms with Crippen LogP contribution in [0.15, 0.2) is 35.1 Å². The van der Waals surface area contributed by atoms with Crippen LogP contribution in [-0.2, 0) is 11.2 Å². The molecule has 0 atom stereocenters. The first kappa shape index (κ1) is 17.1. The molecule has 2 aliphatic heterocycles. The van der Waals surface area contributed by atoms with Crippen molar-refractivity contribution >= 4 is 11.8 Å². The zero-order valence-electron chi connectivity index (χ0n) is 14.5. The molecule has 4 rings (SSSR count). The lowest BCUT2D eigenvalue weighted by Crippen LogP contribution is -2.51. The second kappa shape index (κ2) is 7.10. The fourth-order valence-electron chi connectivity index (χ4n) is 3.12. The van der Waals surface area contributed by atoms with E-state index < -0.39 is 0 Å². The van der Waals surface area contributed by atoms with Crippen molar-refractivity contribution in [2.75, 3.05) is 33.0 Å². The van der Waals surface area contributed by atoms with E-state index in [0.717, 1.165) is 5.56 Å². The number of aromatic nitrogens is 2. The minimum Gasteiger partial charge on any atom is -0.454 e. The summed E-state index contributed by atoms with van der Waals surface area (Å²) in [5, 5.41) is 6.02. The summed E-state index contributed by atoms with van der Waals surface area (Å²) in [6.07, 6.45) is 0.270. The molecule has 2 amide bonds. The van der Waals surface area contributed by atoms with Crippen LogP contribution >= 0.6 is 0 Å². The van der Waals surface area contributed by atoms with Crippen molar-refractivity contribution in [3.8, 4) is 11.5 Å². The van der Waals surface area contributed by atoms with Crippen molar-refractivity contribution in [2.24, 2.45) is 0 Å². The molecule has 1 saturated heterocycles. The van der Waals surface area contributed by atoms with E-state index in [1.165, 1.54) is 12.1 Å². The molecule has 2 aromatic rings. The maximum absolute atomic E-state index is 12.6. The molecule has 1 aromatic heterocycles. The molecular formula is C18H18N4O5. The Morgan fingerprint density at radius 2 is 1.74 bits per heavy atom. The van der Waals surface area contributed by atoms with Gasteiger partial charge in [0.2, 0.25) is 12.7 Å². The molecule has 3 heterocycles. The third-order valence-electron chi connectivity index (χ3n) is 4.61. The molecule has 0 unspecified atom stereocenters. The molecule has 9 nitrogen and oxygen atoms in total. The third-order valence-corrected chi connectivity index (χ3v) is 4.61. The van der Waals surface area contributed by atoms with Crippen molar-refractivity contribution in [3.05, 3.63) is 51.9 Å². The van der Waals surface area contributed by atoms with E-state index in [1.54, 1.807) is 15.9 Å². The van der Waals surface area contributed by atoms with Crippen LogP contribution in [0.2, 0.25) is 0 Å². The molecule has 1 aromatic carbocycles. The average molecular weight is 370 g/mol.